The Labute approximate surface area is 190 Å². The number of anilines is 1. The highest BCUT2D eigenvalue weighted by Gasteiger charge is 2.37. The van der Waals surface area contributed by atoms with Gasteiger partial charge in [0.15, 0.2) is 6.16 Å². The van der Waals surface area contributed by atoms with Gasteiger partial charge in [-0.3, -0.25) is 9.69 Å². The summed E-state index contributed by atoms with van der Waals surface area (Å²) in [7, 11) is -2.08. The van der Waals surface area contributed by atoms with Crippen LogP contribution in [-0.4, -0.2) is 42.3 Å². The van der Waals surface area contributed by atoms with Crippen molar-refractivity contribution in [1.82, 2.24) is 0 Å². The minimum Gasteiger partial charge on any atom is -0.480 e. The van der Waals surface area contributed by atoms with Crippen molar-refractivity contribution in [3.63, 3.8) is 0 Å². The van der Waals surface area contributed by atoms with E-state index < -0.39 is 26.0 Å². The molecule has 0 aliphatic heterocycles. The lowest BCUT2D eigenvalue weighted by Gasteiger charge is -2.30. The summed E-state index contributed by atoms with van der Waals surface area (Å²) in [6.07, 6.45) is 0.494. The zero-order chi connectivity index (χ0) is 23.7. The number of nitrogens with zero attached hydrogens (tertiary/aromatic N) is 1. The van der Waals surface area contributed by atoms with Crippen LogP contribution in [0.2, 0.25) is 0 Å². The summed E-state index contributed by atoms with van der Waals surface area (Å²) >= 11 is 0. The van der Waals surface area contributed by atoms with Crippen LogP contribution in [0.1, 0.15) is 27.2 Å². The summed E-state index contributed by atoms with van der Waals surface area (Å²) in [5.74, 6) is -1.96. The Bertz CT molecular complexity index is 902. The molecule has 172 valence electrons. The van der Waals surface area contributed by atoms with Crippen LogP contribution < -0.4 is 10.6 Å². The van der Waals surface area contributed by atoms with Crippen LogP contribution in [0.15, 0.2) is 54.6 Å². The normalized spacial score (nSPS) is 13.5. The molecular weight excluding hydrogens is 427 g/mol. The first kappa shape index (κ1) is 25.7. The van der Waals surface area contributed by atoms with Gasteiger partial charge < -0.3 is 10.8 Å². The summed E-state index contributed by atoms with van der Waals surface area (Å²) in [6, 6.07) is 15.9. The van der Waals surface area contributed by atoms with E-state index in [2.05, 4.69) is 0 Å². The molecule has 32 heavy (non-hydrogen) atoms. The minimum absolute atomic E-state index is 0.0251. The van der Waals surface area contributed by atoms with Gasteiger partial charge in [-0.1, -0.05) is 56.3 Å². The maximum atomic E-state index is 13.5. The molecular formula is C24H32N2O5P+. The number of aliphatic carboxylic acids is 1. The van der Waals surface area contributed by atoms with Crippen molar-refractivity contribution in [2.45, 2.75) is 33.2 Å². The first-order valence-electron chi connectivity index (χ1n) is 10.7. The van der Waals surface area contributed by atoms with Crippen LogP contribution in [-0.2, 0) is 18.7 Å². The standard InChI is InChI=1S/C24H31N2O5P/c1-17(2)15-21(16-32(30)31-14-13-25)23(27)26(18(3)24(28)29)22-11-9-20(10-12-22)19-7-5-4-6-8-19/h4-12,17-18,21H,13-16,25H2,1-3H3/p+1/t18-,21?/m0/s1. The first-order valence-corrected chi connectivity index (χ1v) is 12.1. The highest BCUT2D eigenvalue weighted by Crippen LogP contribution is 2.32. The van der Waals surface area contributed by atoms with E-state index in [4.69, 9.17) is 10.3 Å². The van der Waals surface area contributed by atoms with Gasteiger partial charge in [-0.25, -0.2) is 4.79 Å². The molecule has 1 amide bonds. The van der Waals surface area contributed by atoms with Crippen molar-refractivity contribution in [1.29, 1.82) is 0 Å². The number of benzene rings is 2. The Hall–Kier alpha value is -2.60. The number of carbonyl (C=O) groups is 2. The first-order chi connectivity index (χ1) is 15.2. The molecule has 0 saturated heterocycles. The van der Waals surface area contributed by atoms with Gasteiger partial charge in [0.1, 0.15) is 12.6 Å². The average Bonchev–Trinajstić information content (AvgIpc) is 2.78. The van der Waals surface area contributed by atoms with E-state index in [-0.39, 0.29) is 31.1 Å². The number of nitrogens with two attached hydrogens (primary N) is 1. The van der Waals surface area contributed by atoms with Crippen LogP contribution in [0.4, 0.5) is 5.69 Å². The SMILES string of the molecule is CC(C)CC(C[P+](=O)OCCN)C(=O)N(c1ccc(-c2ccccc2)cc1)[C@@H](C)C(=O)O. The molecule has 0 saturated carbocycles. The lowest BCUT2D eigenvalue weighted by molar-refractivity contribution is -0.140. The van der Waals surface area contributed by atoms with E-state index in [0.717, 1.165) is 11.1 Å². The van der Waals surface area contributed by atoms with Crippen LogP contribution in [0.25, 0.3) is 11.1 Å². The molecule has 3 N–H and O–H groups in total. The van der Waals surface area contributed by atoms with Crippen molar-refractivity contribution in [2.24, 2.45) is 17.6 Å². The molecule has 0 heterocycles. The molecule has 0 aliphatic carbocycles. The van der Waals surface area contributed by atoms with Crippen LogP contribution >= 0.6 is 8.03 Å². The van der Waals surface area contributed by atoms with E-state index in [1.165, 1.54) is 11.8 Å². The number of carboxylic acids is 1. The molecule has 0 aliphatic rings. The molecule has 2 rings (SSSR count). The van der Waals surface area contributed by atoms with Gasteiger partial charge in [0.25, 0.3) is 0 Å². The Morgan fingerprint density at radius 1 is 1.03 bits per heavy atom. The van der Waals surface area contributed by atoms with E-state index in [9.17, 15) is 19.3 Å². The van der Waals surface area contributed by atoms with Gasteiger partial charge in [-0.05, 0) is 47.1 Å². The third-order valence-corrected chi connectivity index (χ3v) is 6.27. The summed E-state index contributed by atoms with van der Waals surface area (Å²) < 4.78 is 17.6. The average molecular weight is 460 g/mol. The second-order valence-corrected chi connectivity index (χ2v) is 9.39. The fourth-order valence-corrected chi connectivity index (χ4v) is 4.58. The highest BCUT2D eigenvalue weighted by molar-refractivity contribution is 7.39. The molecule has 8 heteroatoms. The number of hydrogen-bond donors (Lipinski definition) is 2. The molecule has 0 radical (unpaired) electrons. The molecule has 2 aromatic carbocycles. The number of carboxylic acid groups (broad SMARTS) is 1. The van der Waals surface area contributed by atoms with Crippen molar-refractivity contribution < 1.29 is 23.8 Å². The lowest BCUT2D eigenvalue weighted by atomic mass is 9.96. The maximum Gasteiger partial charge on any atom is 0.508 e. The Morgan fingerprint density at radius 3 is 2.16 bits per heavy atom. The zero-order valence-corrected chi connectivity index (χ0v) is 19.7. The molecule has 0 fully saturated rings. The van der Waals surface area contributed by atoms with Crippen molar-refractivity contribution in [2.75, 3.05) is 24.2 Å². The molecule has 0 aromatic heterocycles. The molecule has 3 atom stereocenters. The summed E-state index contributed by atoms with van der Waals surface area (Å²) in [5.41, 5.74) is 7.87. The fourth-order valence-electron chi connectivity index (χ4n) is 3.50. The van der Waals surface area contributed by atoms with Crippen molar-refractivity contribution in [3.8, 4) is 11.1 Å². The van der Waals surface area contributed by atoms with Gasteiger partial charge >= 0.3 is 14.0 Å². The topological polar surface area (TPSA) is 110 Å². The quantitative estimate of drug-likeness (QED) is 0.451. The minimum atomic E-state index is -2.08. The third kappa shape index (κ3) is 7.23. The summed E-state index contributed by atoms with van der Waals surface area (Å²) in [4.78, 5) is 26.7. The van der Waals surface area contributed by atoms with Crippen LogP contribution in [0, 0.1) is 11.8 Å². The number of amides is 1. The van der Waals surface area contributed by atoms with Crippen LogP contribution in [0.3, 0.4) is 0 Å². The smallest absolute Gasteiger partial charge is 0.480 e. The van der Waals surface area contributed by atoms with Gasteiger partial charge in [0.2, 0.25) is 5.91 Å². The van der Waals surface area contributed by atoms with Crippen molar-refractivity contribution >= 4 is 25.6 Å². The third-order valence-electron chi connectivity index (χ3n) is 5.06. The predicted molar refractivity (Wildman–Crippen MR) is 127 cm³/mol. The molecule has 7 nitrogen and oxygen atoms in total. The molecule has 2 aromatic rings. The highest BCUT2D eigenvalue weighted by atomic mass is 31.1. The van der Waals surface area contributed by atoms with E-state index >= 15 is 0 Å². The number of rotatable bonds is 12. The van der Waals surface area contributed by atoms with Gasteiger partial charge in [0.05, 0.1) is 5.92 Å². The Morgan fingerprint density at radius 2 is 1.62 bits per heavy atom. The monoisotopic (exact) mass is 459 g/mol. The largest absolute Gasteiger partial charge is 0.508 e. The van der Waals surface area contributed by atoms with Crippen LogP contribution in [0.5, 0.6) is 0 Å². The van der Waals surface area contributed by atoms with E-state index in [0.29, 0.717) is 12.1 Å². The van der Waals surface area contributed by atoms with Gasteiger partial charge in [-0.15, -0.1) is 4.52 Å². The zero-order valence-electron chi connectivity index (χ0n) is 18.8. The Kier molecular flexibility index (Phi) is 9.97. The number of hydrogen-bond acceptors (Lipinski definition) is 5. The molecule has 0 spiro atoms. The number of carbonyl (C=O) groups excluding carboxylic acids is 1. The maximum absolute atomic E-state index is 13.5. The molecule has 2 unspecified atom stereocenters. The van der Waals surface area contributed by atoms with E-state index in [1.807, 2.05) is 56.3 Å². The Balaban J connectivity index is 2.35. The molecule has 0 bridgehead atoms. The fraction of sp³-hybridized carbons (Fsp3) is 0.417. The van der Waals surface area contributed by atoms with E-state index in [1.54, 1.807) is 12.1 Å². The summed E-state index contributed by atoms with van der Waals surface area (Å²) in [6.45, 7) is 5.79. The second kappa shape index (κ2) is 12.4. The second-order valence-electron chi connectivity index (χ2n) is 8.10. The lowest BCUT2D eigenvalue weighted by Crippen LogP contribution is -2.47. The van der Waals surface area contributed by atoms with Gasteiger partial charge in [0, 0.05) is 12.2 Å². The van der Waals surface area contributed by atoms with Crippen molar-refractivity contribution in [3.05, 3.63) is 54.6 Å². The van der Waals surface area contributed by atoms with Gasteiger partial charge in [-0.2, -0.15) is 0 Å². The predicted octanol–water partition coefficient (Wildman–Crippen LogP) is 4.54. The summed E-state index contributed by atoms with van der Waals surface area (Å²) in [5, 5.41) is 9.67.